The highest BCUT2D eigenvalue weighted by Crippen LogP contribution is 2.29. The third-order valence-electron chi connectivity index (χ3n) is 7.18. The van der Waals surface area contributed by atoms with Gasteiger partial charge in [-0.25, -0.2) is 0 Å². The van der Waals surface area contributed by atoms with Gasteiger partial charge in [0.25, 0.3) is 11.8 Å². The van der Waals surface area contributed by atoms with Crippen LogP contribution in [0, 0.1) is 0 Å². The molecule has 0 saturated carbocycles. The molecule has 3 N–H and O–H groups in total. The van der Waals surface area contributed by atoms with Crippen LogP contribution in [0.3, 0.4) is 0 Å². The van der Waals surface area contributed by atoms with Crippen LogP contribution in [0.15, 0.2) is 66.7 Å². The highest BCUT2D eigenvalue weighted by atomic mass is 35.5. The van der Waals surface area contributed by atoms with E-state index in [0.717, 1.165) is 11.1 Å². The molecular weight excluding hydrogens is 502 g/mol. The zero-order valence-corrected chi connectivity index (χ0v) is 22.3. The van der Waals surface area contributed by atoms with Crippen LogP contribution < -0.4 is 15.4 Å². The Labute approximate surface area is 229 Å². The molecular formula is C30H34ClN3O4. The largest absolute Gasteiger partial charge is 0.493 e. The first kappa shape index (κ1) is 27.6. The summed E-state index contributed by atoms with van der Waals surface area (Å²) in [5.41, 5.74) is 5.34. The van der Waals surface area contributed by atoms with Crippen molar-refractivity contribution in [3.05, 3.63) is 100 Å². The average molecular weight is 536 g/mol. The smallest absolute Gasteiger partial charge is 0.255 e. The highest BCUT2D eigenvalue weighted by Gasteiger charge is 2.29. The monoisotopic (exact) mass is 535 g/mol. The van der Waals surface area contributed by atoms with E-state index >= 15 is 0 Å². The second-order valence-corrected chi connectivity index (χ2v) is 9.64. The number of hydrogen-bond acceptors (Lipinski definition) is 5. The standard InChI is InChI=1S/C30H33N3O4.ClH/c1-2-37-28-16-24-22(12-13-33(30(24)36)19-20-8-4-3-5-9-20)14-25(28)29(35)32-18-27(34)26-15-21-10-6-7-11-23(21)17-31-26;/h3-11,14,16,26-27,31,34H,2,12-13,15,17-19H2,1H3,(H,32,35);1H/t26-,27?;/m0./s1. The van der Waals surface area contributed by atoms with Crippen LogP contribution in [0.5, 0.6) is 5.75 Å². The third-order valence-corrected chi connectivity index (χ3v) is 7.18. The van der Waals surface area contributed by atoms with E-state index < -0.39 is 6.10 Å². The molecule has 200 valence electrons. The summed E-state index contributed by atoms with van der Waals surface area (Å²) in [7, 11) is 0. The molecule has 3 aromatic rings. The van der Waals surface area contributed by atoms with Crippen LogP contribution in [-0.4, -0.2) is 53.7 Å². The molecule has 2 heterocycles. The van der Waals surface area contributed by atoms with Crippen LogP contribution in [0.1, 0.15) is 49.9 Å². The molecule has 2 aliphatic heterocycles. The molecule has 5 rings (SSSR count). The minimum atomic E-state index is -0.737. The summed E-state index contributed by atoms with van der Waals surface area (Å²) in [5, 5.41) is 17.0. The van der Waals surface area contributed by atoms with Crippen LogP contribution in [0.2, 0.25) is 0 Å². The fourth-order valence-corrected chi connectivity index (χ4v) is 5.15. The molecule has 7 nitrogen and oxygen atoms in total. The lowest BCUT2D eigenvalue weighted by atomic mass is 9.93. The summed E-state index contributed by atoms with van der Waals surface area (Å²) in [6, 6.07) is 21.4. The lowest BCUT2D eigenvalue weighted by Gasteiger charge is -2.30. The van der Waals surface area contributed by atoms with E-state index in [0.29, 0.717) is 56.0 Å². The van der Waals surface area contributed by atoms with Crippen molar-refractivity contribution in [3.63, 3.8) is 0 Å². The zero-order valence-electron chi connectivity index (χ0n) is 21.5. The van der Waals surface area contributed by atoms with Gasteiger partial charge in [0, 0.05) is 37.8 Å². The van der Waals surface area contributed by atoms with E-state index in [2.05, 4.69) is 22.8 Å². The summed E-state index contributed by atoms with van der Waals surface area (Å²) in [4.78, 5) is 28.3. The van der Waals surface area contributed by atoms with Gasteiger partial charge in [0.2, 0.25) is 0 Å². The van der Waals surface area contributed by atoms with E-state index in [-0.39, 0.29) is 36.8 Å². The molecule has 2 atom stereocenters. The zero-order chi connectivity index (χ0) is 25.8. The Morgan fingerprint density at radius 3 is 2.61 bits per heavy atom. The Kier molecular flexibility index (Phi) is 9.05. The predicted octanol–water partition coefficient (Wildman–Crippen LogP) is 3.51. The van der Waals surface area contributed by atoms with Gasteiger partial charge in [-0.15, -0.1) is 12.4 Å². The molecule has 0 fully saturated rings. The molecule has 8 heteroatoms. The van der Waals surface area contributed by atoms with Crippen molar-refractivity contribution < 1.29 is 19.4 Å². The van der Waals surface area contributed by atoms with Crippen molar-refractivity contribution in [3.8, 4) is 5.75 Å². The second kappa shape index (κ2) is 12.4. The van der Waals surface area contributed by atoms with Crippen molar-refractivity contribution in [2.24, 2.45) is 0 Å². The Bertz CT molecular complexity index is 1280. The second-order valence-electron chi connectivity index (χ2n) is 9.64. The Balaban J connectivity index is 0.00000336. The van der Waals surface area contributed by atoms with Gasteiger partial charge in [0.05, 0.1) is 18.3 Å². The van der Waals surface area contributed by atoms with Gasteiger partial charge in [-0.2, -0.15) is 0 Å². The van der Waals surface area contributed by atoms with Crippen molar-refractivity contribution >= 4 is 24.2 Å². The molecule has 0 saturated heterocycles. The molecule has 3 aromatic carbocycles. The fraction of sp³-hybridized carbons (Fsp3) is 0.333. The van der Waals surface area contributed by atoms with Crippen LogP contribution in [-0.2, 0) is 25.9 Å². The predicted molar refractivity (Wildman–Crippen MR) is 149 cm³/mol. The molecule has 38 heavy (non-hydrogen) atoms. The maximum atomic E-state index is 13.3. The minimum Gasteiger partial charge on any atom is -0.493 e. The van der Waals surface area contributed by atoms with Gasteiger partial charge in [-0.05, 0) is 54.2 Å². The van der Waals surface area contributed by atoms with E-state index in [9.17, 15) is 14.7 Å². The number of nitrogens with one attached hydrogen (secondary N) is 2. The maximum absolute atomic E-state index is 13.3. The number of aliphatic hydroxyl groups is 1. The molecule has 0 aliphatic carbocycles. The Hall–Kier alpha value is -3.39. The van der Waals surface area contributed by atoms with Crippen molar-refractivity contribution in [1.29, 1.82) is 0 Å². The number of fused-ring (bicyclic) bond motifs is 2. The molecule has 0 bridgehead atoms. The number of ether oxygens (including phenoxy) is 1. The van der Waals surface area contributed by atoms with Gasteiger partial charge in [-0.3, -0.25) is 9.59 Å². The van der Waals surface area contributed by atoms with Gasteiger partial charge >= 0.3 is 0 Å². The van der Waals surface area contributed by atoms with E-state index in [1.54, 1.807) is 12.1 Å². The lowest BCUT2D eigenvalue weighted by Crippen LogP contribution is -2.49. The van der Waals surface area contributed by atoms with Gasteiger partial charge in [-0.1, -0.05) is 54.6 Å². The quantitative estimate of drug-likeness (QED) is 0.411. The molecule has 0 spiro atoms. The van der Waals surface area contributed by atoms with Crippen LogP contribution >= 0.6 is 12.4 Å². The molecule has 0 radical (unpaired) electrons. The summed E-state index contributed by atoms with van der Waals surface area (Å²) in [6.45, 7) is 4.16. The van der Waals surface area contributed by atoms with Crippen LogP contribution in [0.25, 0.3) is 0 Å². The molecule has 2 amide bonds. The van der Waals surface area contributed by atoms with Gasteiger partial charge in [0.1, 0.15) is 5.75 Å². The number of carbonyl (C=O) groups is 2. The molecule has 2 aliphatic rings. The number of hydrogen-bond donors (Lipinski definition) is 3. The van der Waals surface area contributed by atoms with Crippen molar-refractivity contribution in [2.75, 3.05) is 19.7 Å². The summed E-state index contributed by atoms with van der Waals surface area (Å²) < 4.78 is 5.78. The first-order valence-electron chi connectivity index (χ1n) is 12.9. The number of rotatable bonds is 8. The number of amides is 2. The fourth-order valence-electron chi connectivity index (χ4n) is 5.15. The first-order valence-corrected chi connectivity index (χ1v) is 12.9. The summed E-state index contributed by atoms with van der Waals surface area (Å²) in [5.74, 6) is 0.00522. The summed E-state index contributed by atoms with van der Waals surface area (Å²) in [6.07, 6.45) is 0.630. The number of aliphatic hydroxyl groups excluding tert-OH is 1. The van der Waals surface area contributed by atoms with E-state index in [4.69, 9.17) is 4.74 Å². The third kappa shape index (κ3) is 6.01. The highest BCUT2D eigenvalue weighted by molar-refractivity contribution is 6.02. The number of carbonyl (C=O) groups excluding carboxylic acids is 2. The SMILES string of the molecule is CCOc1cc2c(cc1C(=O)NCC(O)[C@@H]1Cc3ccccc3CN1)CCN(Cc1ccccc1)C2=O.Cl. The Morgan fingerprint density at radius 1 is 1.11 bits per heavy atom. The van der Waals surface area contributed by atoms with Crippen LogP contribution in [0.4, 0.5) is 0 Å². The number of nitrogens with zero attached hydrogens (tertiary/aromatic N) is 1. The normalized spacial score (nSPS) is 17.1. The number of halogens is 1. The topological polar surface area (TPSA) is 90.9 Å². The van der Waals surface area contributed by atoms with Gasteiger partial charge < -0.3 is 25.4 Å². The van der Waals surface area contributed by atoms with Crippen molar-refractivity contribution in [2.45, 2.75) is 45.0 Å². The molecule has 1 unspecified atom stereocenters. The average Bonchev–Trinajstić information content (AvgIpc) is 2.93. The number of benzene rings is 3. The minimum absolute atomic E-state index is 0. The lowest BCUT2D eigenvalue weighted by molar-refractivity contribution is 0.0725. The van der Waals surface area contributed by atoms with Gasteiger partial charge in [0.15, 0.2) is 0 Å². The summed E-state index contributed by atoms with van der Waals surface area (Å²) >= 11 is 0. The van der Waals surface area contributed by atoms with E-state index in [1.165, 1.54) is 11.1 Å². The van der Waals surface area contributed by atoms with Crippen molar-refractivity contribution in [1.82, 2.24) is 15.5 Å². The molecule has 0 aromatic heterocycles. The Morgan fingerprint density at radius 2 is 1.84 bits per heavy atom. The maximum Gasteiger partial charge on any atom is 0.255 e. The first-order chi connectivity index (χ1) is 18.0. The van der Waals surface area contributed by atoms with E-state index in [1.807, 2.05) is 54.3 Å².